The van der Waals surface area contributed by atoms with Gasteiger partial charge in [0.25, 0.3) is 11.8 Å². The summed E-state index contributed by atoms with van der Waals surface area (Å²) in [4.78, 5) is 22.6. The van der Waals surface area contributed by atoms with Gasteiger partial charge >= 0.3 is 0 Å². The van der Waals surface area contributed by atoms with Crippen LogP contribution in [0.4, 0.5) is 0 Å². The van der Waals surface area contributed by atoms with Crippen molar-refractivity contribution in [2.45, 2.75) is 0 Å². The molecule has 2 amide bonds. The van der Waals surface area contributed by atoms with Crippen LogP contribution < -0.4 is 0 Å². The molecule has 0 saturated carbocycles. The van der Waals surface area contributed by atoms with Crippen LogP contribution in [0.1, 0.15) is 0 Å². The van der Waals surface area contributed by atoms with E-state index in [9.17, 15) is 9.59 Å². The Morgan fingerprint density at radius 3 is 2.55 bits per heavy atom. The molecule has 0 aromatic carbocycles. The number of ether oxygens (including phenoxy) is 1. The first-order valence-corrected chi connectivity index (χ1v) is 3.05. The van der Waals surface area contributed by atoms with Gasteiger partial charge < -0.3 is 4.74 Å². The number of likely N-dealkylation sites (N-methyl/N-ethyl adjacent to an activating group) is 1. The van der Waals surface area contributed by atoms with E-state index < -0.39 is 5.91 Å². The molecule has 0 fully saturated rings. The van der Waals surface area contributed by atoms with Gasteiger partial charge in [0.2, 0.25) is 0 Å². The standard InChI is InChI=1S/C7H11NO3/c1-4-6(9)8(2)7(10)5-11-3/h4H,1,5H2,2-3H3. The second kappa shape index (κ2) is 4.62. The van der Waals surface area contributed by atoms with Crippen LogP contribution in [0.25, 0.3) is 0 Å². The van der Waals surface area contributed by atoms with E-state index in [1.165, 1.54) is 14.2 Å². The fourth-order valence-electron chi connectivity index (χ4n) is 0.480. The molecule has 0 N–H and O–H groups in total. The number of rotatable bonds is 3. The van der Waals surface area contributed by atoms with E-state index in [-0.39, 0.29) is 12.5 Å². The highest BCUT2D eigenvalue weighted by Gasteiger charge is 2.12. The highest BCUT2D eigenvalue weighted by Crippen LogP contribution is 1.87. The molecule has 0 spiro atoms. The second-order valence-corrected chi connectivity index (χ2v) is 1.93. The molecule has 0 aliphatic heterocycles. The summed E-state index contributed by atoms with van der Waals surface area (Å²) in [5, 5.41) is 0. The zero-order chi connectivity index (χ0) is 8.85. The Hall–Kier alpha value is -1.16. The number of amides is 2. The maximum Gasteiger partial charge on any atom is 0.255 e. The van der Waals surface area contributed by atoms with Gasteiger partial charge in [0, 0.05) is 14.2 Å². The summed E-state index contributed by atoms with van der Waals surface area (Å²) < 4.78 is 4.54. The van der Waals surface area contributed by atoms with Crippen LogP contribution in [0.3, 0.4) is 0 Å². The van der Waals surface area contributed by atoms with Gasteiger partial charge in [0.1, 0.15) is 6.61 Å². The summed E-state index contributed by atoms with van der Waals surface area (Å²) in [6, 6.07) is 0. The second-order valence-electron chi connectivity index (χ2n) is 1.93. The fraction of sp³-hybridized carbons (Fsp3) is 0.429. The molecule has 0 bridgehead atoms. The van der Waals surface area contributed by atoms with Crippen LogP contribution in [0.15, 0.2) is 12.7 Å². The van der Waals surface area contributed by atoms with Gasteiger partial charge in [-0.05, 0) is 6.08 Å². The third-order valence-corrected chi connectivity index (χ3v) is 1.15. The maximum atomic E-state index is 10.9. The van der Waals surface area contributed by atoms with Crippen molar-refractivity contribution in [1.82, 2.24) is 4.90 Å². The van der Waals surface area contributed by atoms with Gasteiger partial charge in [-0.1, -0.05) is 6.58 Å². The predicted octanol–water partition coefficient (Wildman–Crippen LogP) is -0.196. The highest BCUT2D eigenvalue weighted by molar-refractivity contribution is 6.00. The molecule has 0 rings (SSSR count). The van der Waals surface area contributed by atoms with E-state index >= 15 is 0 Å². The molecular formula is C7H11NO3. The van der Waals surface area contributed by atoms with Gasteiger partial charge in [-0.15, -0.1) is 0 Å². The number of nitrogens with zero attached hydrogens (tertiary/aromatic N) is 1. The van der Waals surface area contributed by atoms with Crippen LogP contribution in [0.5, 0.6) is 0 Å². The molecule has 62 valence electrons. The van der Waals surface area contributed by atoms with Crippen molar-refractivity contribution in [2.24, 2.45) is 0 Å². The van der Waals surface area contributed by atoms with Crippen molar-refractivity contribution >= 4 is 11.8 Å². The van der Waals surface area contributed by atoms with Crippen molar-refractivity contribution in [1.29, 1.82) is 0 Å². The molecule has 11 heavy (non-hydrogen) atoms. The molecular weight excluding hydrogens is 146 g/mol. The van der Waals surface area contributed by atoms with Gasteiger partial charge in [-0.25, -0.2) is 0 Å². The van der Waals surface area contributed by atoms with Crippen LogP contribution in [0.2, 0.25) is 0 Å². The molecule has 0 aromatic rings. The number of hydrogen-bond donors (Lipinski definition) is 0. The number of carbonyl (C=O) groups excluding carboxylic acids is 2. The minimum atomic E-state index is -0.424. The minimum Gasteiger partial charge on any atom is -0.375 e. The summed E-state index contributed by atoms with van der Waals surface area (Å²) in [6.07, 6.45) is 1.08. The van der Waals surface area contributed by atoms with Crippen LogP contribution in [0, 0.1) is 0 Å². The third kappa shape index (κ3) is 2.95. The Kier molecular flexibility index (Phi) is 4.14. The van der Waals surface area contributed by atoms with E-state index in [1.54, 1.807) is 0 Å². The van der Waals surface area contributed by atoms with E-state index in [0.29, 0.717) is 0 Å². The van der Waals surface area contributed by atoms with Crippen LogP contribution in [-0.4, -0.2) is 37.5 Å². The Balaban J connectivity index is 4.01. The number of imide groups is 1. The van der Waals surface area contributed by atoms with Crippen molar-refractivity contribution < 1.29 is 14.3 Å². The SMILES string of the molecule is C=CC(=O)N(C)C(=O)COC. The molecule has 0 radical (unpaired) electrons. The average Bonchev–Trinajstić information content (AvgIpc) is 2.02. The van der Waals surface area contributed by atoms with Gasteiger partial charge in [-0.3, -0.25) is 14.5 Å². The summed E-state index contributed by atoms with van der Waals surface area (Å²) >= 11 is 0. The van der Waals surface area contributed by atoms with E-state index in [2.05, 4.69) is 11.3 Å². The lowest BCUT2D eigenvalue weighted by molar-refractivity contribution is -0.142. The third-order valence-electron chi connectivity index (χ3n) is 1.15. The first-order valence-electron chi connectivity index (χ1n) is 3.05. The van der Waals surface area contributed by atoms with Crippen molar-refractivity contribution in [3.8, 4) is 0 Å². The average molecular weight is 157 g/mol. The van der Waals surface area contributed by atoms with Crippen molar-refractivity contribution in [3.05, 3.63) is 12.7 Å². The normalized spacial score (nSPS) is 8.91. The highest BCUT2D eigenvalue weighted by atomic mass is 16.5. The Labute approximate surface area is 65.4 Å². The fourth-order valence-corrected chi connectivity index (χ4v) is 0.480. The lowest BCUT2D eigenvalue weighted by atomic mass is 10.5. The summed E-state index contributed by atoms with van der Waals surface area (Å²) in [7, 11) is 2.77. The van der Waals surface area contributed by atoms with Gasteiger partial charge in [-0.2, -0.15) is 0 Å². The number of hydrogen-bond acceptors (Lipinski definition) is 3. The molecule has 0 saturated heterocycles. The topological polar surface area (TPSA) is 46.6 Å². The Morgan fingerprint density at radius 2 is 2.18 bits per heavy atom. The Bertz CT molecular complexity index is 177. The molecule has 0 unspecified atom stereocenters. The molecule has 0 atom stereocenters. The van der Waals surface area contributed by atoms with E-state index in [0.717, 1.165) is 11.0 Å². The van der Waals surface area contributed by atoms with Crippen LogP contribution >= 0.6 is 0 Å². The summed E-state index contributed by atoms with van der Waals surface area (Å²) in [6.45, 7) is 3.15. The zero-order valence-corrected chi connectivity index (χ0v) is 6.66. The molecule has 0 aliphatic rings. The minimum absolute atomic E-state index is 0.0872. The largest absolute Gasteiger partial charge is 0.375 e. The molecule has 0 heterocycles. The lowest BCUT2D eigenvalue weighted by Crippen LogP contribution is -2.34. The number of methoxy groups -OCH3 is 1. The monoisotopic (exact) mass is 157 g/mol. The van der Waals surface area contributed by atoms with Crippen molar-refractivity contribution in [3.63, 3.8) is 0 Å². The lowest BCUT2D eigenvalue weighted by Gasteiger charge is -2.11. The summed E-state index contributed by atoms with van der Waals surface area (Å²) in [5.74, 6) is -0.801. The van der Waals surface area contributed by atoms with E-state index in [4.69, 9.17) is 0 Å². The molecule has 4 heteroatoms. The van der Waals surface area contributed by atoms with Gasteiger partial charge in [0.15, 0.2) is 0 Å². The quantitative estimate of drug-likeness (QED) is 0.533. The Morgan fingerprint density at radius 1 is 1.64 bits per heavy atom. The van der Waals surface area contributed by atoms with E-state index in [1.807, 2.05) is 0 Å². The zero-order valence-electron chi connectivity index (χ0n) is 6.66. The van der Waals surface area contributed by atoms with Crippen LogP contribution in [-0.2, 0) is 14.3 Å². The molecule has 0 aliphatic carbocycles. The maximum absolute atomic E-state index is 10.9. The molecule has 0 aromatic heterocycles. The first-order chi connectivity index (χ1) is 5.13. The van der Waals surface area contributed by atoms with Crippen molar-refractivity contribution in [2.75, 3.05) is 20.8 Å². The predicted molar refractivity (Wildman–Crippen MR) is 39.9 cm³/mol. The smallest absolute Gasteiger partial charge is 0.255 e. The van der Waals surface area contributed by atoms with Gasteiger partial charge in [0.05, 0.1) is 0 Å². The number of carbonyl (C=O) groups is 2. The first kappa shape index (κ1) is 9.84. The summed E-state index contributed by atoms with van der Waals surface area (Å²) in [5.41, 5.74) is 0. The molecule has 4 nitrogen and oxygen atoms in total.